The smallest absolute Gasteiger partial charge is 0.328 e. The van der Waals surface area contributed by atoms with E-state index in [9.17, 15) is 4.79 Å². The minimum absolute atomic E-state index is 0.592. The molecule has 0 radical (unpaired) electrons. The van der Waals surface area contributed by atoms with Crippen LogP contribution in [0.1, 0.15) is 18.4 Å². The Hall–Kier alpha value is -2.21. The van der Waals surface area contributed by atoms with Gasteiger partial charge in [-0.15, -0.1) is 12.3 Å². The zero-order valence-electron chi connectivity index (χ0n) is 9.43. The minimum atomic E-state index is -0.959. The molecule has 0 aliphatic carbocycles. The summed E-state index contributed by atoms with van der Waals surface area (Å²) < 4.78 is 5.45. The van der Waals surface area contributed by atoms with Crippen LogP contribution < -0.4 is 4.74 Å². The molecule has 0 bridgehead atoms. The third kappa shape index (κ3) is 5.43. The third-order valence-corrected chi connectivity index (χ3v) is 2.03. The molecule has 17 heavy (non-hydrogen) atoms. The summed E-state index contributed by atoms with van der Waals surface area (Å²) in [6.45, 7) is 0.592. The number of hydrogen-bond acceptors (Lipinski definition) is 2. The number of ether oxygens (including phenoxy) is 1. The van der Waals surface area contributed by atoms with Gasteiger partial charge in [0.15, 0.2) is 0 Å². The van der Waals surface area contributed by atoms with E-state index in [2.05, 4.69) is 5.92 Å². The monoisotopic (exact) mass is 230 g/mol. The Labute approximate surface area is 101 Å². The van der Waals surface area contributed by atoms with Gasteiger partial charge in [-0.25, -0.2) is 4.79 Å². The van der Waals surface area contributed by atoms with E-state index in [0.29, 0.717) is 13.0 Å². The van der Waals surface area contributed by atoms with E-state index in [0.717, 1.165) is 23.8 Å². The lowest BCUT2D eigenvalue weighted by Gasteiger charge is -2.04. The first-order chi connectivity index (χ1) is 8.22. The summed E-state index contributed by atoms with van der Waals surface area (Å²) in [6, 6.07) is 7.21. The number of aliphatic carboxylic acids is 1. The van der Waals surface area contributed by atoms with Gasteiger partial charge in [0.1, 0.15) is 5.75 Å². The van der Waals surface area contributed by atoms with E-state index >= 15 is 0 Å². The lowest BCUT2D eigenvalue weighted by Crippen LogP contribution is -1.96. The fourth-order valence-electron chi connectivity index (χ4n) is 1.21. The van der Waals surface area contributed by atoms with Crippen molar-refractivity contribution in [2.75, 3.05) is 6.61 Å². The lowest BCUT2D eigenvalue weighted by molar-refractivity contribution is -0.131. The van der Waals surface area contributed by atoms with Crippen molar-refractivity contribution in [3.8, 4) is 18.1 Å². The van der Waals surface area contributed by atoms with Crippen molar-refractivity contribution in [2.24, 2.45) is 0 Å². The van der Waals surface area contributed by atoms with E-state index in [-0.39, 0.29) is 0 Å². The number of carboxylic acid groups (broad SMARTS) is 1. The summed E-state index contributed by atoms with van der Waals surface area (Å²) in [5.41, 5.74) is 0.823. The molecule has 0 aliphatic heterocycles. The van der Waals surface area contributed by atoms with Gasteiger partial charge in [0.25, 0.3) is 0 Å². The molecule has 3 heteroatoms. The molecule has 0 saturated carbocycles. The molecular weight excluding hydrogens is 216 g/mol. The number of carboxylic acids is 1. The summed E-state index contributed by atoms with van der Waals surface area (Å²) in [4.78, 5) is 10.3. The Balaban J connectivity index is 2.45. The summed E-state index contributed by atoms with van der Waals surface area (Å²) in [7, 11) is 0. The van der Waals surface area contributed by atoms with Gasteiger partial charge >= 0.3 is 5.97 Å². The molecule has 0 aliphatic rings. The Morgan fingerprint density at radius 3 is 2.71 bits per heavy atom. The largest absolute Gasteiger partial charge is 0.494 e. The fraction of sp³-hybridized carbons (Fsp3) is 0.214. The molecule has 0 unspecified atom stereocenters. The van der Waals surface area contributed by atoms with Crippen LogP contribution in [0.5, 0.6) is 5.75 Å². The maximum atomic E-state index is 10.3. The molecule has 1 aromatic rings. The number of carbonyl (C=O) groups is 1. The average molecular weight is 230 g/mol. The van der Waals surface area contributed by atoms with Gasteiger partial charge < -0.3 is 9.84 Å². The first-order valence-corrected chi connectivity index (χ1v) is 5.29. The number of hydrogen-bond donors (Lipinski definition) is 1. The number of rotatable bonds is 6. The Morgan fingerprint density at radius 1 is 1.41 bits per heavy atom. The number of unbranched alkanes of at least 4 members (excludes halogenated alkanes) is 1. The lowest BCUT2D eigenvalue weighted by atomic mass is 10.2. The van der Waals surface area contributed by atoms with Crippen LogP contribution in [0.2, 0.25) is 0 Å². The first kappa shape index (κ1) is 12.9. The van der Waals surface area contributed by atoms with Crippen LogP contribution in [-0.2, 0) is 4.79 Å². The van der Waals surface area contributed by atoms with Gasteiger partial charge in [0.05, 0.1) is 6.61 Å². The Kier molecular flexibility index (Phi) is 5.39. The van der Waals surface area contributed by atoms with Gasteiger partial charge in [0, 0.05) is 12.5 Å². The normalized spacial score (nSPS) is 10.1. The maximum Gasteiger partial charge on any atom is 0.328 e. The summed E-state index contributed by atoms with van der Waals surface area (Å²) in [5.74, 6) is 2.35. The number of terminal acetylenes is 1. The second-order valence-electron chi connectivity index (χ2n) is 3.40. The minimum Gasteiger partial charge on any atom is -0.494 e. The molecule has 0 heterocycles. The van der Waals surface area contributed by atoms with E-state index in [1.807, 2.05) is 0 Å². The fourth-order valence-corrected chi connectivity index (χ4v) is 1.21. The first-order valence-electron chi connectivity index (χ1n) is 5.29. The van der Waals surface area contributed by atoms with Crippen molar-refractivity contribution in [2.45, 2.75) is 12.8 Å². The highest BCUT2D eigenvalue weighted by molar-refractivity contribution is 5.85. The predicted octanol–water partition coefficient (Wildman–Crippen LogP) is 2.58. The van der Waals surface area contributed by atoms with Gasteiger partial charge in [-0.1, -0.05) is 12.1 Å². The second kappa shape index (κ2) is 7.13. The van der Waals surface area contributed by atoms with Crippen molar-refractivity contribution in [1.82, 2.24) is 0 Å². The van der Waals surface area contributed by atoms with E-state index in [4.69, 9.17) is 16.3 Å². The van der Waals surface area contributed by atoms with E-state index < -0.39 is 5.97 Å². The van der Waals surface area contributed by atoms with Crippen molar-refractivity contribution >= 4 is 12.0 Å². The van der Waals surface area contributed by atoms with Gasteiger partial charge in [-0.3, -0.25) is 0 Å². The van der Waals surface area contributed by atoms with Gasteiger partial charge in [0.2, 0.25) is 0 Å². The average Bonchev–Trinajstić information content (AvgIpc) is 2.33. The highest BCUT2D eigenvalue weighted by Crippen LogP contribution is 2.13. The van der Waals surface area contributed by atoms with Crippen molar-refractivity contribution in [1.29, 1.82) is 0 Å². The SMILES string of the molecule is C#CCCCOc1ccc(/C=C/C(=O)O)cc1. The highest BCUT2D eigenvalue weighted by Gasteiger charge is 1.94. The molecule has 0 atom stereocenters. The molecule has 1 N–H and O–H groups in total. The molecule has 0 aromatic heterocycles. The van der Waals surface area contributed by atoms with Crippen LogP contribution in [-0.4, -0.2) is 17.7 Å². The topological polar surface area (TPSA) is 46.5 Å². The molecule has 0 amide bonds. The van der Waals surface area contributed by atoms with Crippen LogP contribution in [0.25, 0.3) is 6.08 Å². The van der Waals surface area contributed by atoms with E-state index in [1.165, 1.54) is 6.08 Å². The van der Waals surface area contributed by atoms with Crippen molar-refractivity contribution < 1.29 is 14.6 Å². The van der Waals surface area contributed by atoms with Gasteiger partial charge in [-0.2, -0.15) is 0 Å². The van der Waals surface area contributed by atoms with Crippen molar-refractivity contribution in [3.63, 3.8) is 0 Å². The van der Waals surface area contributed by atoms with Crippen LogP contribution in [0.4, 0.5) is 0 Å². The summed E-state index contributed by atoms with van der Waals surface area (Å²) in [5, 5.41) is 8.47. The third-order valence-electron chi connectivity index (χ3n) is 2.03. The summed E-state index contributed by atoms with van der Waals surface area (Å²) in [6.07, 6.45) is 9.29. The van der Waals surface area contributed by atoms with Crippen molar-refractivity contribution in [3.05, 3.63) is 35.9 Å². The maximum absolute atomic E-state index is 10.3. The molecule has 0 fully saturated rings. The molecule has 88 valence electrons. The van der Waals surface area contributed by atoms with Crippen LogP contribution >= 0.6 is 0 Å². The standard InChI is InChI=1S/C14H14O3/c1-2-3-4-11-17-13-8-5-12(6-9-13)7-10-14(15)16/h1,5-10H,3-4,11H2,(H,15,16)/b10-7+. The molecule has 3 nitrogen and oxygen atoms in total. The van der Waals surface area contributed by atoms with Crippen LogP contribution in [0.3, 0.4) is 0 Å². The number of benzene rings is 1. The van der Waals surface area contributed by atoms with Crippen LogP contribution in [0, 0.1) is 12.3 Å². The van der Waals surface area contributed by atoms with Crippen LogP contribution in [0.15, 0.2) is 30.3 Å². The highest BCUT2D eigenvalue weighted by atomic mass is 16.5. The van der Waals surface area contributed by atoms with Gasteiger partial charge in [-0.05, 0) is 30.2 Å². The Bertz CT molecular complexity index is 424. The predicted molar refractivity (Wildman–Crippen MR) is 66.7 cm³/mol. The quantitative estimate of drug-likeness (QED) is 0.464. The van der Waals surface area contributed by atoms with E-state index in [1.54, 1.807) is 24.3 Å². The summed E-state index contributed by atoms with van der Waals surface area (Å²) >= 11 is 0. The molecule has 0 spiro atoms. The molecular formula is C14H14O3. The second-order valence-corrected chi connectivity index (χ2v) is 3.40. The Morgan fingerprint density at radius 2 is 2.12 bits per heavy atom. The molecule has 0 saturated heterocycles. The molecule has 1 rings (SSSR count). The zero-order valence-corrected chi connectivity index (χ0v) is 9.43. The molecule has 1 aromatic carbocycles. The zero-order chi connectivity index (χ0) is 12.5.